The molecule has 4 heteroatoms. The molecule has 15 heavy (non-hydrogen) atoms. The lowest BCUT2D eigenvalue weighted by Crippen LogP contribution is -2.21. The highest BCUT2D eigenvalue weighted by molar-refractivity contribution is 6.00. The molecule has 2 radical (unpaired) electrons. The molecular formula is C11H19AlO3. The van der Waals surface area contributed by atoms with Crippen LogP contribution < -0.4 is 0 Å². The van der Waals surface area contributed by atoms with E-state index in [0.29, 0.717) is 5.76 Å². The summed E-state index contributed by atoms with van der Waals surface area (Å²) >= 11 is 2.15. The van der Waals surface area contributed by atoms with Crippen molar-refractivity contribution in [1.82, 2.24) is 0 Å². The Morgan fingerprint density at radius 3 is 2.27 bits per heavy atom. The number of carbonyl (C=O) groups is 1. The van der Waals surface area contributed by atoms with Gasteiger partial charge < -0.3 is 8.53 Å². The molecule has 0 aromatic carbocycles. The van der Waals surface area contributed by atoms with Gasteiger partial charge in [-0.1, -0.05) is 27.7 Å². The molecule has 3 nitrogen and oxygen atoms in total. The molecule has 0 aromatic rings. The van der Waals surface area contributed by atoms with E-state index in [4.69, 9.17) is 8.53 Å². The molecule has 0 bridgehead atoms. The van der Waals surface area contributed by atoms with E-state index in [-0.39, 0.29) is 17.3 Å². The van der Waals surface area contributed by atoms with Crippen LogP contribution in [0.3, 0.4) is 0 Å². The van der Waals surface area contributed by atoms with Gasteiger partial charge in [-0.2, -0.15) is 0 Å². The van der Waals surface area contributed by atoms with Gasteiger partial charge in [-0.3, -0.25) is 4.79 Å². The van der Waals surface area contributed by atoms with Crippen LogP contribution in [0.1, 0.15) is 34.1 Å². The van der Waals surface area contributed by atoms with Gasteiger partial charge >= 0.3 is 16.6 Å². The van der Waals surface area contributed by atoms with Crippen LogP contribution in [0.4, 0.5) is 0 Å². The number of hydrogen-bond acceptors (Lipinski definition) is 3. The first-order valence-electron chi connectivity index (χ1n) is 5.02. The average Bonchev–Trinajstić information content (AvgIpc) is 2.16. The van der Waals surface area contributed by atoms with Crippen LogP contribution >= 0.6 is 0 Å². The van der Waals surface area contributed by atoms with Gasteiger partial charge in [-0.15, -0.1) is 0 Å². The number of allylic oxidation sites excluding steroid dienone is 1. The van der Waals surface area contributed by atoms with E-state index in [1.54, 1.807) is 7.11 Å². The van der Waals surface area contributed by atoms with E-state index >= 15 is 0 Å². The van der Waals surface area contributed by atoms with Crippen LogP contribution in [-0.2, 0) is 13.3 Å². The summed E-state index contributed by atoms with van der Waals surface area (Å²) in [6, 6.07) is 0. The largest absolute Gasteiger partial charge is 0.655 e. The second kappa shape index (κ2) is 6.32. The number of rotatable bonds is 5. The first-order valence-corrected chi connectivity index (χ1v) is 5.49. The molecule has 0 fully saturated rings. The second-order valence-corrected chi connectivity index (χ2v) is 4.65. The van der Waals surface area contributed by atoms with Crippen LogP contribution in [0.5, 0.6) is 0 Å². The Bertz CT molecular complexity index is 237. The number of methoxy groups -OCH3 is 1. The smallest absolute Gasteiger partial charge is 0.481 e. The van der Waals surface area contributed by atoms with Gasteiger partial charge in [-0.25, -0.2) is 0 Å². The summed E-state index contributed by atoms with van der Waals surface area (Å²) < 4.78 is 10.3. The monoisotopic (exact) mass is 226 g/mol. The third-order valence-electron chi connectivity index (χ3n) is 2.12. The summed E-state index contributed by atoms with van der Waals surface area (Å²) in [5.74, 6) is 0.598. The zero-order valence-corrected chi connectivity index (χ0v) is 11.3. The van der Waals surface area contributed by atoms with E-state index in [0.717, 1.165) is 6.42 Å². The quantitative estimate of drug-likeness (QED) is 0.408. The van der Waals surface area contributed by atoms with Crippen molar-refractivity contribution < 1.29 is 13.3 Å². The Morgan fingerprint density at radius 2 is 2.00 bits per heavy atom. The van der Waals surface area contributed by atoms with Gasteiger partial charge in [0, 0.05) is 18.6 Å². The molecule has 1 unspecified atom stereocenters. The molecule has 0 saturated heterocycles. The minimum Gasteiger partial charge on any atom is -0.655 e. The zero-order chi connectivity index (χ0) is 12.1. The Hall–Kier alpha value is -0.298. The number of ketones is 1. The predicted octanol–water partition coefficient (Wildman–Crippen LogP) is 2.01. The minimum absolute atomic E-state index is 0.0375. The van der Waals surface area contributed by atoms with Crippen molar-refractivity contribution in [1.29, 1.82) is 0 Å². The van der Waals surface area contributed by atoms with Crippen LogP contribution in [-0.4, -0.2) is 35.6 Å². The molecule has 0 aliphatic heterocycles. The zero-order valence-electron chi connectivity index (χ0n) is 10.2. The Balaban J connectivity index is 4.80. The lowest BCUT2D eigenvalue weighted by atomic mass is 9.90. The molecule has 0 aliphatic carbocycles. The molecule has 0 rings (SSSR count). The fourth-order valence-electron chi connectivity index (χ4n) is 1.03. The fraction of sp³-hybridized carbons (Fsp3) is 0.727. The third-order valence-corrected chi connectivity index (χ3v) is 2.39. The van der Waals surface area contributed by atoms with Crippen molar-refractivity contribution in [3.8, 4) is 0 Å². The minimum atomic E-state index is -0.388. The normalized spacial score (nSPS) is 14.9. The Labute approximate surface area is 101 Å². The van der Waals surface area contributed by atoms with Crippen molar-refractivity contribution in [3.05, 3.63) is 11.8 Å². The van der Waals surface area contributed by atoms with Crippen molar-refractivity contribution in [2.75, 3.05) is 7.11 Å². The highest BCUT2D eigenvalue weighted by atomic mass is 27.1. The highest BCUT2D eigenvalue weighted by Gasteiger charge is 2.21. The summed E-state index contributed by atoms with van der Waals surface area (Å²) in [4.78, 5) is 11.7. The molecule has 0 heterocycles. The van der Waals surface area contributed by atoms with Crippen LogP contribution in [0.25, 0.3) is 0 Å². The van der Waals surface area contributed by atoms with Crippen molar-refractivity contribution >= 4 is 22.4 Å². The number of carbonyl (C=O) groups excluding carboxylic acids is 1. The summed E-state index contributed by atoms with van der Waals surface area (Å²) in [6.45, 7) is 7.60. The molecule has 0 spiro atoms. The van der Waals surface area contributed by atoms with Gasteiger partial charge in [0.05, 0.1) is 5.76 Å². The molecule has 0 N–H and O–H groups in total. The van der Waals surface area contributed by atoms with E-state index in [2.05, 4.69) is 16.6 Å². The SMILES string of the molecule is CCC(OC)/C(=C/C(=O)C(C)(C)C)[O][Al]. The van der Waals surface area contributed by atoms with E-state index in [1.807, 2.05) is 27.7 Å². The second-order valence-electron chi connectivity index (χ2n) is 4.41. The summed E-state index contributed by atoms with van der Waals surface area (Å²) in [5, 5.41) is 0. The van der Waals surface area contributed by atoms with Gasteiger partial charge in [0.2, 0.25) is 0 Å². The van der Waals surface area contributed by atoms with Crippen molar-refractivity contribution in [2.45, 2.75) is 40.2 Å². The lowest BCUT2D eigenvalue weighted by molar-refractivity contribution is -0.121. The van der Waals surface area contributed by atoms with Crippen LogP contribution in [0.15, 0.2) is 11.8 Å². The lowest BCUT2D eigenvalue weighted by Gasteiger charge is -2.20. The molecular weight excluding hydrogens is 207 g/mol. The highest BCUT2D eigenvalue weighted by Crippen LogP contribution is 2.18. The first-order chi connectivity index (χ1) is 6.86. The predicted molar refractivity (Wildman–Crippen MR) is 60.5 cm³/mol. The summed E-state index contributed by atoms with van der Waals surface area (Å²) in [6.07, 6.45) is 2.13. The summed E-state index contributed by atoms with van der Waals surface area (Å²) in [7, 11) is 1.60. The Morgan fingerprint density at radius 1 is 1.47 bits per heavy atom. The maximum atomic E-state index is 11.7. The summed E-state index contributed by atoms with van der Waals surface area (Å²) in [5.41, 5.74) is -0.388. The van der Waals surface area contributed by atoms with E-state index in [9.17, 15) is 4.79 Å². The molecule has 0 aliphatic rings. The molecule has 1 atom stereocenters. The van der Waals surface area contributed by atoms with Gasteiger partial charge in [0.15, 0.2) is 5.78 Å². The van der Waals surface area contributed by atoms with Crippen molar-refractivity contribution in [3.63, 3.8) is 0 Å². The average molecular weight is 226 g/mol. The molecule has 84 valence electrons. The van der Waals surface area contributed by atoms with Crippen molar-refractivity contribution in [2.24, 2.45) is 5.41 Å². The fourth-order valence-corrected chi connectivity index (χ4v) is 1.25. The van der Waals surface area contributed by atoms with Gasteiger partial charge in [0.25, 0.3) is 0 Å². The van der Waals surface area contributed by atoms with Gasteiger partial charge in [0.1, 0.15) is 6.10 Å². The molecule has 0 aromatic heterocycles. The number of ether oxygens (including phenoxy) is 1. The maximum Gasteiger partial charge on any atom is 0.481 e. The first kappa shape index (κ1) is 14.7. The van der Waals surface area contributed by atoms with Crippen LogP contribution in [0.2, 0.25) is 0 Å². The van der Waals surface area contributed by atoms with Crippen LogP contribution in [0, 0.1) is 5.41 Å². The molecule has 0 amide bonds. The van der Waals surface area contributed by atoms with E-state index < -0.39 is 0 Å². The van der Waals surface area contributed by atoms with E-state index in [1.165, 1.54) is 6.08 Å². The standard InChI is InChI=1S/C11H20O3.Al/c1-6-9(14-5)8(12)7-10(13)11(2,3)4;/h7,9,12H,6H2,1-5H3;/q;+1/p-1/b8-7-;. The topological polar surface area (TPSA) is 35.5 Å². The van der Waals surface area contributed by atoms with Gasteiger partial charge in [-0.05, 0) is 6.42 Å². The Kier molecular flexibility index (Phi) is 6.20. The maximum absolute atomic E-state index is 11.7. The number of hydrogen-bond donors (Lipinski definition) is 0. The molecule has 0 saturated carbocycles. The third kappa shape index (κ3) is 4.83.